The van der Waals surface area contributed by atoms with Crippen molar-refractivity contribution in [1.82, 2.24) is 4.98 Å². The number of aromatic nitrogens is 1. The van der Waals surface area contributed by atoms with E-state index in [1.807, 2.05) is 12.1 Å². The molecule has 0 spiro atoms. The van der Waals surface area contributed by atoms with Gasteiger partial charge in [-0.15, -0.1) is 0 Å². The van der Waals surface area contributed by atoms with Crippen molar-refractivity contribution >= 4 is 22.8 Å². The highest BCUT2D eigenvalue weighted by molar-refractivity contribution is 6.04. The van der Waals surface area contributed by atoms with Gasteiger partial charge in [0, 0.05) is 22.7 Å². The molecule has 0 aliphatic rings. The van der Waals surface area contributed by atoms with E-state index in [1.54, 1.807) is 19.2 Å². The van der Waals surface area contributed by atoms with Crippen LogP contribution in [0.15, 0.2) is 24.4 Å². The Morgan fingerprint density at radius 2 is 2.14 bits per heavy atom. The number of aromatic amines is 1. The van der Waals surface area contributed by atoms with Crippen LogP contribution in [0.5, 0.6) is 0 Å². The van der Waals surface area contributed by atoms with E-state index < -0.39 is 5.97 Å². The Labute approximate surface area is 122 Å². The second-order valence-electron chi connectivity index (χ2n) is 4.24. The molecule has 0 bridgehead atoms. The first-order valence-electron chi connectivity index (χ1n) is 6.49. The Morgan fingerprint density at radius 1 is 1.33 bits per heavy atom. The molecule has 0 saturated heterocycles. The maximum atomic E-state index is 11.6. The highest BCUT2D eigenvalue weighted by atomic mass is 16.5. The summed E-state index contributed by atoms with van der Waals surface area (Å²) in [6, 6.07) is 5.43. The standard InChI is InChI=1S/C16H15NO4/c1-3-21-15(18)6-4-5-11-7-8-14-12(9-11)13(10-17-14)16(19)20-2/h7-10,17H,3,6H2,1-2H3. The van der Waals surface area contributed by atoms with Crippen molar-refractivity contribution in [3.63, 3.8) is 0 Å². The molecule has 0 unspecified atom stereocenters. The van der Waals surface area contributed by atoms with Crippen molar-refractivity contribution < 1.29 is 19.1 Å². The van der Waals surface area contributed by atoms with Crippen LogP contribution >= 0.6 is 0 Å². The van der Waals surface area contributed by atoms with Crippen molar-refractivity contribution in [3.8, 4) is 11.8 Å². The molecule has 2 aromatic rings. The second kappa shape index (κ2) is 6.62. The monoisotopic (exact) mass is 285 g/mol. The molecular formula is C16H15NO4. The van der Waals surface area contributed by atoms with Crippen LogP contribution in [0.3, 0.4) is 0 Å². The molecule has 0 amide bonds. The van der Waals surface area contributed by atoms with E-state index >= 15 is 0 Å². The van der Waals surface area contributed by atoms with Gasteiger partial charge in [-0.05, 0) is 25.1 Å². The van der Waals surface area contributed by atoms with E-state index in [0.29, 0.717) is 12.2 Å². The van der Waals surface area contributed by atoms with Crippen molar-refractivity contribution in [3.05, 3.63) is 35.5 Å². The van der Waals surface area contributed by atoms with Crippen molar-refractivity contribution in [2.45, 2.75) is 13.3 Å². The molecule has 0 saturated carbocycles. The van der Waals surface area contributed by atoms with E-state index in [-0.39, 0.29) is 12.4 Å². The first-order chi connectivity index (χ1) is 10.2. The maximum Gasteiger partial charge on any atom is 0.340 e. The molecule has 1 heterocycles. The molecule has 21 heavy (non-hydrogen) atoms. The van der Waals surface area contributed by atoms with Gasteiger partial charge in [0.2, 0.25) is 0 Å². The Balaban J connectivity index is 2.24. The van der Waals surface area contributed by atoms with Crippen molar-refractivity contribution in [2.75, 3.05) is 13.7 Å². The summed E-state index contributed by atoms with van der Waals surface area (Å²) in [6.45, 7) is 2.10. The summed E-state index contributed by atoms with van der Waals surface area (Å²) in [7, 11) is 1.34. The molecule has 1 N–H and O–H groups in total. The van der Waals surface area contributed by atoms with Gasteiger partial charge >= 0.3 is 11.9 Å². The van der Waals surface area contributed by atoms with Crippen LogP contribution in [0, 0.1) is 11.8 Å². The minimum atomic E-state index is -0.405. The third-order valence-electron chi connectivity index (χ3n) is 2.86. The number of hydrogen-bond acceptors (Lipinski definition) is 4. The minimum absolute atomic E-state index is 0.0445. The molecular weight excluding hydrogens is 270 g/mol. The fourth-order valence-electron chi connectivity index (χ4n) is 1.91. The number of nitrogens with one attached hydrogen (secondary N) is 1. The summed E-state index contributed by atoms with van der Waals surface area (Å²) in [5.74, 6) is 4.89. The lowest BCUT2D eigenvalue weighted by Crippen LogP contribution is -2.01. The Kier molecular flexibility index (Phi) is 4.62. The van der Waals surface area contributed by atoms with Gasteiger partial charge in [-0.2, -0.15) is 0 Å². The van der Waals surface area contributed by atoms with Crippen molar-refractivity contribution in [1.29, 1.82) is 0 Å². The third kappa shape index (κ3) is 3.42. The average Bonchev–Trinajstić information content (AvgIpc) is 2.90. The van der Waals surface area contributed by atoms with E-state index in [2.05, 4.69) is 16.8 Å². The number of carbonyl (C=O) groups is 2. The van der Waals surface area contributed by atoms with Crippen LogP contribution in [0.1, 0.15) is 29.3 Å². The fourth-order valence-corrected chi connectivity index (χ4v) is 1.91. The zero-order valence-corrected chi connectivity index (χ0v) is 11.9. The number of rotatable bonds is 3. The Hall–Kier alpha value is -2.74. The van der Waals surface area contributed by atoms with Gasteiger partial charge < -0.3 is 14.5 Å². The first-order valence-corrected chi connectivity index (χ1v) is 6.49. The van der Waals surface area contributed by atoms with Gasteiger partial charge in [-0.1, -0.05) is 11.8 Å². The molecule has 0 fully saturated rings. The quantitative estimate of drug-likeness (QED) is 0.694. The van der Waals surface area contributed by atoms with Gasteiger partial charge in [-0.25, -0.2) is 4.79 Å². The molecule has 0 aliphatic carbocycles. The van der Waals surface area contributed by atoms with Crippen LogP contribution in [0.25, 0.3) is 10.9 Å². The lowest BCUT2D eigenvalue weighted by molar-refractivity contribution is -0.141. The lowest BCUT2D eigenvalue weighted by Gasteiger charge is -1.97. The minimum Gasteiger partial charge on any atom is -0.465 e. The zero-order chi connectivity index (χ0) is 15.2. The number of hydrogen-bond donors (Lipinski definition) is 1. The predicted molar refractivity (Wildman–Crippen MR) is 77.8 cm³/mol. The first kappa shape index (κ1) is 14.7. The molecule has 5 nitrogen and oxygen atoms in total. The van der Waals surface area contributed by atoms with Crippen LogP contribution in [-0.2, 0) is 14.3 Å². The van der Waals surface area contributed by atoms with E-state index in [9.17, 15) is 9.59 Å². The summed E-state index contributed by atoms with van der Waals surface area (Å²) in [5.41, 5.74) is 2.00. The number of fused-ring (bicyclic) bond motifs is 1. The van der Waals surface area contributed by atoms with E-state index in [1.165, 1.54) is 7.11 Å². The summed E-state index contributed by atoms with van der Waals surface area (Å²) < 4.78 is 9.52. The number of H-pyrrole nitrogens is 1. The molecule has 1 aromatic carbocycles. The fraction of sp³-hybridized carbons (Fsp3) is 0.250. The summed E-state index contributed by atoms with van der Waals surface area (Å²) in [4.78, 5) is 25.8. The predicted octanol–water partition coefficient (Wildman–Crippen LogP) is 2.26. The molecule has 1 aromatic heterocycles. The lowest BCUT2D eigenvalue weighted by atomic mass is 10.1. The molecule has 2 rings (SSSR count). The van der Waals surface area contributed by atoms with Crippen LogP contribution < -0.4 is 0 Å². The molecule has 108 valence electrons. The second-order valence-corrected chi connectivity index (χ2v) is 4.24. The SMILES string of the molecule is CCOC(=O)CC#Cc1ccc2[nH]cc(C(=O)OC)c2c1. The van der Waals surface area contributed by atoms with Gasteiger partial charge in [0.05, 0.1) is 19.3 Å². The van der Waals surface area contributed by atoms with E-state index in [0.717, 1.165) is 16.5 Å². The Bertz CT molecular complexity index is 734. The normalized spacial score (nSPS) is 9.81. The third-order valence-corrected chi connectivity index (χ3v) is 2.86. The zero-order valence-electron chi connectivity index (χ0n) is 11.9. The van der Waals surface area contributed by atoms with Crippen LogP contribution in [0.2, 0.25) is 0 Å². The van der Waals surface area contributed by atoms with Crippen LogP contribution in [0.4, 0.5) is 0 Å². The molecule has 0 atom stereocenters. The van der Waals surface area contributed by atoms with Crippen molar-refractivity contribution in [2.24, 2.45) is 0 Å². The van der Waals surface area contributed by atoms with Gasteiger partial charge in [0.15, 0.2) is 0 Å². The molecule has 0 aliphatic heterocycles. The van der Waals surface area contributed by atoms with Crippen LogP contribution in [-0.4, -0.2) is 30.6 Å². The Morgan fingerprint density at radius 3 is 2.86 bits per heavy atom. The number of esters is 2. The van der Waals surface area contributed by atoms with Gasteiger partial charge in [-0.3, -0.25) is 4.79 Å². The van der Waals surface area contributed by atoms with Gasteiger partial charge in [0.25, 0.3) is 0 Å². The molecule has 0 radical (unpaired) electrons. The highest BCUT2D eigenvalue weighted by Gasteiger charge is 2.12. The largest absolute Gasteiger partial charge is 0.465 e. The van der Waals surface area contributed by atoms with E-state index in [4.69, 9.17) is 9.47 Å². The van der Waals surface area contributed by atoms with Gasteiger partial charge in [0.1, 0.15) is 6.42 Å². The topological polar surface area (TPSA) is 68.4 Å². The maximum absolute atomic E-state index is 11.6. The smallest absolute Gasteiger partial charge is 0.340 e. The summed E-state index contributed by atoms with van der Waals surface area (Å²) >= 11 is 0. The number of ether oxygens (including phenoxy) is 2. The summed E-state index contributed by atoms with van der Waals surface area (Å²) in [5, 5.41) is 0.741. The number of methoxy groups -OCH3 is 1. The summed E-state index contributed by atoms with van der Waals surface area (Å²) in [6.07, 6.45) is 1.65. The highest BCUT2D eigenvalue weighted by Crippen LogP contribution is 2.20. The average molecular weight is 285 g/mol. The molecule has 5 heteroatoms. The number of carbonyl (C=O) groups excluding carboxylic acids is 2. The number of benzene rings is 1.